The molecule has 2 amide bonds. The average Bonchev–Trinajstić information content (AvgIpc) is 2.18. The summed E-state index contributed by atoms with van der Waals surface area (Å²) in [5.41, 5.74) is 0.416. The van der Waals surface area contributed by atoms with Crippen molar-refractivity contribution in [3.05, 3.63) is 24.3 Å². The highest BCUT2D eigenvalue weighted by atomic mass is 16.3. The van der Waals surface area contributed by atoms with Crippen molar-refractivity contribution in [2.45, 2.75) is 13.8 Å². The van der Waals surface area contributed by atoms with Gasteiger partial charge in [-0.25, -0.2) is 4.79 Å². The third-order valence-corrected chi connectivity index (χ3v) is 1.82. The molecule has 1 aromatic carbocycles. The van der Waals surface area contributed by atoms with Gasteiger partial charge < -0.3 is 15.7 Å². The lowest BCUT2D eigenvalue weighted by molar-refractivity contribution is 0.250. The molecule has 0 fully saturated rings. The van der Waals surface area contributed by atoms with Crippen molar-refractivity contribution in [2.75, 3.05) is 11.9 Å². The molecule has 1 rings (SSSR count). The van der Waals surface area contributed by atoms with Gasteiger partial charge in [-0.15, -0.1) is 0 Å². The fourth-order valence-corrected chi connectivity index (χ4v) is 1.04. The number of urea groups is 1. The third-order valence-electron chi connectivity index (χ3n) is 1.82. The Kier molecular flexibility index (Phi) is 3.97. The molecule has 0 aliphatic heterocycles. The number of phenolic OH excluding ortho intramolecular Hbond substituents is 1. The highest BCUT2D eigenvalue weighted by Gasteiger charge is 2.04. The fraction of sp³-hybridized carbons (Fsp3) is 0.364. The van der Waals surface area contributed by atoms with E-state index in [1.54, 1.807) is 18.2 Å². The third kappa shape index (κ3) is 3.89. The van der Waals surface area contributed by atoms with Crippen LogP contribution in [0.4, 0.5) is 10.5 Å². The number of carbonyl (C=O) groups excluding carboxylic acids is 1. The number of carbonyl (C=O) groups is 1. The number of benzene rings is 1. The zero-order chi connectivity index (χ0) is 11.3. The molecule has 0 unspecified atom stereocenters. The first-order chi connectivity index (χ1) is 7.09. The summed E-state index contributed by atoms with van der Waals surface area (Å²) in [4.78, 5) is 11.3. The van der Waals surface area contributed by atoms with Gasteiger partial charge in [0.2, 0.25) is 0 Å². The first-order valence-electron chi connectivity index (χ1n) is 4.92. The molecule has 4 heteroatoms. The van der Waals surface area contributed by atoms with E-state index >= 15 is 0 Å². The Morgan fingerprint density at radius 3 is 2.67 bits per heavy atom. The van der Waals surface area contributed by atoms with Gasteiger partial charge in [-0.3, -0.25) is 0 Å². The van der Waals surface area contributed by atoms with Crippen molar-refractivity contribution in [1.29, 1.82) is 0 Å². The van der Waals surface area contributed by atoms with E-state index in [0.717, 1.165) is 0 Å². The van der Waals surface area contributed by atoms with Crippen LogP contribution < -0.4 is 10.6 Å². The zero-order valence-electron chi connectivity index (χ0n) is 8.95. The molecule has 82 valence electrons. The maximum absolute atomic E-state index is 11.3. The van der Waals surface area contributed by atoms with Gasteiger partial charge in [-0.2, -0.15) is 0 Å². The zero-order valence-corrected chi connectivity index (χ0v) is 8.95. The Balaban J connectivity index is 2.48. The van der Waals surface area contributed by atoms with Crippen LogP contribution in [0.25, 0.3) is 0 Å². The fourth-order valence-electron chi connectivity index (χ4n) is 1.04. The van der Waals surface area contributed by atoms with Crippen LogP contribution in [-0.2, 0) is 0 Å². The predicted molar refractivity (Wildman–Crippen MR) is 60.0 cm³/mol. The Hall–Kier alpha value is -1.71. The number of para-hydroxylation sites is 2. The molecular formula is C11H16N2O2. The molecule has 0 aromatic heterocycles. The van der Waals surface area contributed by atoms with Gasteiger partial charge in [-0.1, -0.05) is 26.0 Å². The summed E-state index contributed by atoms with van der Waals surface area (Å²) in [7, 11) is 0. The van der Waals surface area contributed by atoms with Crippen molar-refractivity contribution < 1.29 is 9.90 Å². The summed E-state index contributed by atoms with van der Waals surface area (Å²) in [6.45, 7) is 4.64. The Morgan fingerprint density at radius 2 is 2.07 bits per heavy atom. The van der Waals surface area contributed by atoms with E-state index in [-0.39, 0.29) is 11.8 Å². The van der Waals surface area contributed by atoms with E-state index in [4.69, 9.17) is 0 Å². The summed E-state index contributed by atoms with van der Waals surface area (Å²) in [6.07, 6.45) is 0. The van der Waals surface area contributed by atoms with Crippen LogP contribution in [0.15, 0.2) is 24.3 Å². The second-order valence-corrected chi connectivity index (χ2v) is 3.75. The molecule has 3 N–H and O–H groups in total. The first-order valence-corrected chi connectivity index (χ1v) is 4.92. The summed E-state index contributed by atoms with van der Waals surface area (Å²) in [5.74, 6) is 0.470. The first kappa shape index (κ1) is 11.4. The molecular weight excluding hydrogens is 192 g/mol. The molecule has 0 bridgehead atoms. The summed E-state index contributed by atoms with van der Waals surface area (Å²) < 4.78 is 0. The lowest BCUT2D eigenvalue weighted by atomic mass is 10.2. The maximum Gasteiger partial charge on any atom is 0.319 e. The lowest BCUT2D eigenvalue weighted by Gasteiger charge is -2.10. The van der Waals surface area contributed by atoms with Crippen molar-refractivity contribution in [1.82, 2.24) is 5.32 Å². The summed E-state index contributed by atoms with van der Waals surface area (Å²) in [5, 5.41) is 14.7. The van der Waals surface area contributed by atoms with Crippen LogP contribution in [0.2, 0.25) is 0 Å². The molecule has 1 aromatic rings. The van der Waals surface area contributed by atoms with E-state index in [1.165, 1.54) is 6.07 Å². The largest absolute Gasteiger partial charge is 0.506 e. The molecule has 0 atom stereocenters. The van der Waals surface area contributed by atoms with Gasteiger partial charge in [0.25, 0.3) is 0 Å². The molecule has 0 spiro atoms. The minimum absolute atomic E-state index is 0.0668. The normalized spacial score (nSPS) is 10.1. The molecule has 0 saturated carbocycles. The number of nitrogens with one attached hydrogen (secondary N) is 2. The number of rotatable bonds is 3. The molecule has 15 heavy (non-hydrogen) atoms. The average molecular weight is 208 g/mol. The SMILES string of the molecule is CC(C)CNC(=O)Nc1ccccc1O. The highest BCUT2D eigenvalue weighted by Crippen LogP contribution is 2.20. The van der Waals surface area contributed by atoms with Crippen LogP contribution >= 0.6 is 0 Å². The van der Waals surface area contributed by atoms with Crippen LogP contribution in [0.5, 0.6) is 5.75 Å². The quantitative estimate of drug-likeness (QED) is 0.667. The van der Waals surface area contributed by atoms with Gasteiger partial charge in [-0.05, 0) is 18.1 Å². The number of anilines is 1. The van der Waals surface area contributed by atoms with Gasteiger partial charge in [0.15, 0.2) is 0 Å². The summed E-state index contributed by atoms with van der Waals surface area (Å²) in [6, 6.07) is 6.32. The molecule has 0 aliphatic carbocycles. The van der Waals surface area contributed by atoms with E-state index in [1.807, 2.05) is 13.8 Å². The van der Waals surface area contributed by atoms with Crippen LogP contribution in [0, 0.1) is 5.92 Å². The van der Waals surface area contributed by atoms with Crippen molar-refractivity contribution in [2.24, 2.45) is 5.92 Å². The number of hydrogen-bond donors (Lipinski definition) is 3. The number of aromatic hydroxyl groups is 1. The Morgan fingerprint density at radius 1 is 1.40 bits per heavy atom. The van der Waals surface area contributed by atoms with Gasteiger partial charge >= 0.3 is 6.03 Å². The van der Waals surface area contributed by atoms with Crippen LogP contribution in [0.1, 0.15) is 13.8 Å². The van der Waals surface area contributed by atoms with Gasteiger partial charge in [0.05, 0.1) is 5.69 Å². The second kappa shape index (κ2) is 5.24. The smallest absolute Gasteiger partial charge is 0.319 e. The molecule has 4 nitrogen and oxygen atoms in total. The van der Waals surface area contributed by atoms with E-state index in [0.29, 0.717) is 18.2 Å². The summed E-state index contributed by atoms with van der Waals surface area (Å²) >= 11 is 0. The van der Waals surface area contributed by atoms with E-state index in [9.17, 15) is 9.90 Å². The Bertz CT molecular complexity index is 337. The van der Waals surface area contributed by atoms with E-state index in [2.05, 4.69) is 10.6 Å². The van der Waals surface area contributed by atoms with Crippen LogP contribution in [0.3, 0.4) is 0 Å². The van der Waals surface area contributed by atoms with Crippen molar-refractivity contribution >= 4 is 11.7 Å². The predicted octanol–water partition coefficient (Wildman–Crippen LogP) is 2.17. The highest BCUT2D eigenvalue weighted by molar-refractivity contribution is 5.90. The monoisotopic (exact) mass is 208 g/mol. The van der Waals surface area contributed by atoms with E-state index < -0.39 is 0 Å². The van der Waals surface area contributed by atoms with Gasteiger partial charge in [0, 0.05) is 6.54 Å². The van der Waals surface area contributed by atoms with Gasteiger partial charge in [0.1, 0.15) is 5.75 Å². The molecule has 0 heterocycles. The molecule has 0 radical (unpaired) electrons. The minimum atomic E-state index is -0.301. The van der Waals surface area contributed by atoms with Crippen LogP contribution in [-0.4, -0.2) is 17.7 Å². The lowest BCUT2D eigenvalue weighted by Crippen LogP contribution is -2.31. The minimum Gasteiger partial charge on any atom is -0.506 e. The topological polar surface area (TPSA) is 61.4 Å². The molecule has 0 saturated heterocycles. The number of amides is 2. The number of phenols is 1. The standard InChI is InChI=1S/C11H16N2O2/c1-8(2)7-12-11(15)13-9-5-3-4-6-10(9)14/h3-6,8,14H,7H2,1-2H3,(H2,12,13,15). The van der Waals surface area contributed by atoms with Crippen molar-refractivity contribution in [3.8, 4) is 5.75 Å². The Labute approximate surface area is 89.3 Å². The maximum atomic E-state index is 11.3. The molecule has 0 aliphatic rings. The second-order valence-electron chi connectivity index (χ2n) is 3.75. The van der Waals surface area contributed by atoms with Crippen molar-refractivity contribution in [3.63, 3.8) is 0 Å². The number of hydrogen-bond acceptors (Lipinski definition) is 2.